The monoisotopic (exact) mass is 480 g/mol. The van der Waals surface area contributed by atoms with E-state index in [1.54, 1.807) is 31.4 Å². The van der Waals surface area contributed by atoms with Crippen LogP contribution < -0.4 is 10.1 Å². The van der Waals surface area contributed by atoms with Gasteiger partial charge in [0, 0.05) is 29.0 Å². The van der Waals surface area contributed by atoms with E-state index in [4.69, 9.17) is 4.74 Å². The lowest BCUT2D eigenvalue weighted by atomic mass is 9.96. The molecule has 0 saturated carbocycles. The molecule has 1 atom stereocenters. The van der Waals surface area contributed by atoms with E-state index in [1.165, 1.54) is 4.31 Å². The summed E-state index contributed by atoms with van der Waals surface area (Å²) in [6.45, 7) is 2.59. The number of sulfonamides is 1. The van der Waals surface area contributed by atoms with E-state index < -0.39 is 10.0 Å². The van der Waals surface area contributed by atoms with Crippen LogP contribution in [0.5, 0.6) is 5.75 Å². The highest BCUT2D eigenvalue weighted by Crippen LogP contribution is 2.27. The van der Waals surface area contributed by atoms with Gasteiger partial charge in [-0.15, -0.1) is 0 Å². The molecule has 0 unspecified atom stereocenters. The topological polar surface area (TPSA) is 75.7 Å². The number of amides is 1. The molecular formula is C21H25BrN2O4S. The molecule has 0 radical (unpaired) electrons. The first-order chi connectivity index (χ1) is 13.8. The standard InChI is InChI=1S/C21H25BrN2O4S/c1-15(19-5-3-4-6-20(19)28-2)23-21(25)16-11-13-24(14-12-16)29(26,27)18-9-7-17(22)8-10-18/h3-10,15-16H,11-14H2,1-2H3,(H,23,25)/t15-/m0/s1. The van der Waals surface area contributed by atoms with Crippen molar-refractivity contribution in [3.63, 3.8) is 0 Å². The first kappa shape index (κ1) is 21.8. The number of para-hydroxylation sites is 1. The van der Waals surface area contributed by atoms with Gasteiger partial charge in [0.2, 0.25) is 15.9 Å². The highest BCUT2D eigenvalue weighted by Gasteiger charge is 2.32. The fourth-order valence-corrected chi connectivity index (χ4v) is 5.28. The van der Waals surface area contributed by atoms with Crippen LogP contribution in [0.15, 0.2) is 57.9 Å². The van der Waals surface area contributed by atoms with Gasteiger partial charge in [0.05, 0.1) is 18.0 Å². The predicted molar refractivity (Wildman–Crippen MR) is 115 cm³/mol. The Balaban J connectivity index is 1.60. The molecule has 1 aliphatic heterocycles. The first-order valence-corrected chi connectivity index (χ1v) is 11.7. The highest BCUT2D eigenvalue weighted by molar-refractivity contribution is 9.10. The molecule has 1 heterocycles. The average Bonchev–Trinajstić information content (AvgIpc) is 2.74. The first-order valence-electron chi connectivity index (χ1n) is 9.52. The van der Waals surface area contributed by atoms with E-state index in [9.17, 15) is 13.2 Å². The van der Waals surface area contributed by atoms with Crippen molar-refractivity contribution in [3.05, 3.63) is 58.6 Å². The Morgan fingerprint density at radius 2 is 1.76 bits per heavy atom. The van der Waals surface area contributed by atoms with Crippen molar-refractivity contribution in [2.24, 2.45) is 5.92 Å². The second kappa shape index (κ2) is 9.28. The molecule has 0 aliphatic carbocycles. The summed E-state index contributed by atoms with van der Waals surface area (Å²) in [5.74, 6) is 0.475. The van der Waals surface area contributed by atoms with Crippen molar-refractivity contribution in [3.8, 4) is 5.75 Å². The van der Waals surface area contributed by atoms with Crippen LogP contribution in [0.4, 0.5) is 0 Å². The zero-order valence-corrected chi connectivity index (χ0v) is 18.9. The molecule has 0 bridgehead atoms. The fraction of sp³-hybridized carbons (Fsp3) is 0.381. The van der Waals surface area contributed by atoms with Crippen molar-refractivity contribution in [1.82, 2.24) is 9.62 Å². The Labute approximate surface area is 180 Å². The summed E-state index contributed by atoms with van der Waals surface area (Å²) in [5, 5.41) is 3.04. The van der Waals surface area contributed by atoms with Crippen LogP contribution in [0.25, 0.3) is 0 Å². The number of nitrogens with zero attached hydrogens (tertiary/aromatic N) is 1. The van der Waals surface area contributed by atoms with Gasteiger partial charge in [-0.2, -0.15) is 4.31 Å². The fourth-order valence-electron chi connectivity index (χ4n) is 3.55. The third-order valence-corrected chi connectivity index (χ3v) is 7.68. The summed E-state index contributed by atoms with van der Waals surface area (Å²) in [6.07, 6.45) is 1.00. The van der Waals surface area contributed by atoms with Gasteiger partial charge in [0.25, 0.3) is 0 Å². The third kappa shape index (κ3) is 4.99. The van der Waals surface area contributed by atoms with Gasteiger partial charge in [0.1, 0.15) is 5.75 Å². The van der Waals surface area contributed by atoms with Crippen LogP contribution in [-0.2, 0) is 14.8 Å². The number of halogens is 1. The number of hydrogen-bond donors (Lipinski definition) is 1. The van der Waals surface area contributed by atoms with Crippen LogP contribution in [0, 0.1) is 5.92 Å². The lowest BCUT2D eigenvalue weighted by Crippen LogP contribution is -2.43. The Morgan fingerprint density at radius 3 is 2.38 bits per heavy atom. The zero-order valence-electron chi connectivity index (χ0n) is 16.5. The number of methoxy groups -OCH3 is 1. The predicted octanol–water partition coefficient (Wildman–Crippen LogP) is 3.74. The summed E-state index contributed by atoms with van der Waals surface area (Å²) in [4.78, 5) is 13.0. The molecule has 1 fully saturated rings. The molecule has 3 rings (SSSR count). The second-order valence-electron chi connectivity index (χ2n) is 7.10. The molecule has 6 nitrogen and oxygen atoms in total. The van der Waals surface area contributed by atoms with E-state index in [2.05, 4.69) is 21.2 Å². The van der Waals surface area contributed by atoms with Gasteiger partial charge in [-0.05, 0) is 50.1 Å². The number of benzene rings is 2. The molecule has 8 heteroatoms. The molecule has 1 N–H and O–H groups in total. The third-order valence-electron chi connectivity index (χ3n) is 5.24. The van der Waals surface area contributed by atoms with Crippen molar-refractivity contribution >= 4 is 31.9 Å². The zero-order chi connectivity index (χ0) is 21.0. The molecule has 29 heavy (non-hydrogen) atoms. The van der Waals surface area contributed by atoms with Crippen LogP contribution >= 0.6 is 15.9 Å². The molecule has 156 valence electrons. The second-order valence-corrected chi connectivity index (χ2v) is 9.96. The molecule has 1 saturated heterocycles. The number of carbonyl (C=O) groups excluding carboxylic acids is 1. The number of hydrogen-bond acceptors (Lipinski definition) is 4. The largest absolute Gasteiger partial charge is 0.496 e. The Morgan fingerprint density at radius 1 is 1.14 bits per heavy atom. The molecule has 1 amide bonds. The minimum absolute atomic E-state index is 0.0518. The van der Waals surface area contributed by atoms with E-state index in [0.29, 0.717) is 25.9 Å². The molecule has 0 spiro atoms. The molecule has 0 aromatic heterocycles. The van der Waals surface area contributed by atoms with Gasteiger partial charge >= 0.3 is 0 Å². The maximum absolute atomic E-state index is 12.8. The minimum Gasteiger partial charge on any atom is -0.496 e. The van der Waals surface area contributed by atoms with Crippen LogP contribution in [-0.4, -0.2) is 38.8 Å². The SMILES string of the molecule is COc1ccccc1[C@H](C)NC(=O)C1CCN(S(=O)(=O)c2ccc(Br)cc2)CC1. The quantitative estimate of drug-likeness (QED) is 0.682. The summed E-state index contributed by atoms with van der Waals surface area (Å²) in [6, 6.07) is 14.0. The molecule has 2 aromatic rings. The minimum atomic E-state index is -3.54. The molecule has 1 aliphatic rings. The summed E-state index contributed by atoms with van der Waals surface area (Å²) >= 11 is 3.32. The molecular weight excluding hydrogens is 456 g/mol. The van der Waals surface area contributed by atoms with Crippen LogP contribution in [0.1, 0.15) is 31.4 Å². The number of piperidine rings is 1. The Hall–Kier alpha value is -1.90. The number of carbonyl (C=O) groups is 1. The maximum atomic E-state index is 12.8. The lowest BCUT2D eigenvalue weighted by molar-refractivity contribution is -0.126. The van der Waals surface area contributed by atoms with Gasteiger partial charge in [-0.25, -0.2) is 8.42 Å². The smallest absolute Gasteiger partial charge is 0.243 e. The van der Waals surface area contributed by atoms with Crippen molar-refractivity contribution < 1.29 is 17.9 Å². The summed E-state index contributed by atoms with van der Waals surface area (Å²) in [7, 11) is -1.93. The van der Waals surface area contributed by atoms with Crippen LogP contribution in [0.2, 0.25) is 0 Å². The lowest BCUT2D eigenvalue weighted by Gasteiger charge is -2.31. The van der Waals surface area contributed by atoms with E-state index in [-0.39, 0.29) is 22.8 Å². The van der Waals surface area contributed by atoms with Crippen molar-refractivity contribution in [2.75, 3.05) is 20.2 Å². The van der Waals surface area contributed by atoms with Gasteiger partial charge in [-0.1, -0.05) is 34.1 Å². The van der Waals surface area contributed by atoms with Gasteiger partial charge in [0.15, 0.2) is 0 Å². The van der Waals surface area contributed by atoms with Crippen LogP contribution in [0.3, 0.4) is 0 Å². The average molecular weight is 481 g/mol. The Kier molecular flexibility index (Phi) is 6.97. The summed E-state index contributed by atoms with van der Waals surface area (Å²) in [5.41, 5.74) is 0.915. The van der Waals surface area contributed by atoms with E-state index in [0.717, 1.165) is 15.8 Å². The maximum Gasteiger partial charge on any atom is 0.243 e. The number of rotatable bonds is 6. The van der Waals surface area contributed by atoms with Gasteiger partial charge in [-0.3, -0.25) is 4.79 Å². The number of ether oxygens (including phenoxy) is 1. The van der Waals surface area contributed by atoms with Gasteiger partial charge < -0.3 is 10.1 Å². The van der Waals surface area contributed by atoms with Crippen molar-refractivity contribution in [1.29, 1.82) is 0 Å². The van der Waals surface area contributed by atoms with Crippen molar-refractivity contribution in [2.45, 2.75) is 30.7 Å². The molecule has 2 aromatic carbocycles. The normalized spacial score (nSPS) is 16.9. The Bertz CT molecular complexity index is 955. The van der Waals surface area contributed by atoms with E-state index >= 15 is 0 Å². The number of nitrogens with one attached hydrogen (secondary N) is 1. The highest BCUT2D eigenvalue weighted by atomic mass is 79.9. The summed E-state index contributed by atoms with van der Waals surface area (Å²) < 4.78 is 33.3. The van der Waals surface area contributed by atoms with E-state index in [1.807, 2.05) is 31.2 Å².